The van der Waals surface area contributed by atoms with Gasteiger partial charge in [-0.2, -0.15) is 0 Å². The molecule has 0 atom stereocenters. The van der Waals surface area contributed by atoms with Crippen LogP contribution in [0.2, 0.25) is 0 Å². The minimum Gasteiger partial charge on any atom is -0.385 e. The van der Waals surface area contributed by atoms with Gasteiger partial charge in [0.05, 0.1) is 0 Å². The monoisotopic (exact) mass is 206 g/mol. The number of benzene rings is 1. The van der Waals surface area contributed by atoms with Crippen LogP contribution in [0.5, 0.6) is 0 Å². The standard InChI is InChI=1S/C13H22N2/c1-13(2,3)11-5-7-12(8-6-11)15-10-4-9-14/h5-8,15H,4,9-10,14H2,1-3H3. The summed E-state index contributed by atoms with van der Waals surface area (Å²) in [6, 6.07) is 8.64. The van der Waals surface area contributed by atoms with Crippen LogP contribution in [-0.2, 0) is 5.41 Å². The van der Waals surface area contributed by atoms with Crippen molar-refractivity contribution in [2.45, 2.75) is 32.6 Å². The molecule has 84 valence electrons. The Kier molecular flexibility index (Phi) is 4.15. The van der Waals surface area contributed by atoms with E-state index in [9.17, 15) is 0 Å². The Morgan fingerprint density at radius 3 is 2.20 bits per heavy atom. The van der Waals surface area contributed by atoms with Gasteiger partial charge in [-0.05, 0) is 36.1 Å². The fourth-order valence-corrected chi connectivity index (χ4v) is 1.42. The Hall–Kier alpha value is -1.02. The largest absolute Gasteiger partial charge is 0.385 e. The van der Waals surface area contributed by atoms with Gasteiger partial charge in [0, 0.05) is 12.2 Å². The van der Waals surface area contributed by atoms with Crippen LogP contribution in [-0.4, -0.2) is 13.1 Å². The maximum atomic E-state index is 5.43. The Morgan fingerprint density at radius 1 is 1.13 bits per heavy atom. The van der Waals surface area contributed by atoms with Crippen molar-refractivity contribution >= 4 is 5.69 Å². The first-order valence-corrected chi connectivity index (χ1v) is 5.58. The highest BCUT2D eigenvalue weighted by atomic mass is 14.9. The van der Waals surface area contributed by atoms with Crippen LogP contribution < -0.4 is 11.1 Å². The van der Waals surface area contributed by atoms with E-state index in [0.29, 0.717) is 0 Å². The van der Waals surface area contributed by atoms with Crippen LogP contribution in [0.4, 0.5) is 5.69 Å². The van der Waals surface area contributed by atoms with E-state index in [-0.39, 0.29) is 5.41 Å². The van der Waals surface area contributed by atoms with Crippen LogP contribution >= 0.6 is 0 Å². The van der Waals surface area contributed by atoms with Gasteiger partial charge in [-0.15, -0.1) is 0 Å². The smallest absolute Gasteiger partial charge is 0.0340 e. The number of nitrogens with two attached hydrogens (primary N) is 1. The lowest BCUT2D eigenvalue weighted by Gasteiger charge is -2.19. The van der Waals surface area contributed by atoms with E-state index in [4.69, 9.17) is 5.73 Å². The Bertz CT molecular complexity index is 282. The molecular weight excluding hydrogens is 184 g/mol. The van der Waals surface area contributed by atoms with Crippen molar-refractivity contribution in [2.75, 3.05) is 18.4 Å². The molecule has 0 aliphatic rings. The molecule has 1 rings (SSSR count). The van der Waals surface area contributed by atoms with Crippen molar-refractivity contribution in [3.8, 4) is 0 Å². The van der Waals surface area contributed by atoms with E-state index in [0.717, 1.165) is 19.5 Å². The second-order valence-electron chi connectivity index (χ2n) is 4.90. The highest BCUT2D eigenvalue weighted by molar-refractivity contribution is 5.45. The van der Waals surface area contributed by atoms with E-state index in [1.54, 1.807) is 0 Å². The van der Waals surface area contributed by atoms with Crippen LogP contribution in [0.15, 0.2) is 24.3 Å². The van der Waals surface area contributed by atoms with Crippen LogP contribution in [0.1, 0.15) is 32.8 Å². The number of anilines is 1. The maximum Gasteiger partial charge on any atom is 0.0340 e. The molecule has 0 bridgehead atoms. The fourth-order valence-electron chi connectivity index (χ4n) is 1.42. The predicted octanol–water partition coefficient (Wildman–Crippen LogP) is 2.74. The second kappa shape index (κ2) is 5.17. The molecule has 0 aromatic heterocycles. The molecule has 2 nitrogen and oxygen atoms in total. The van der Waals surface area contributed by atoms with E-state index in [1.807, 2.05) is 0 Å². The Morgan fingerprint density at radius 2 is 1.73 bits per heavy atom. The number of rotatable bonds is 4. The third kappa shape index (κ3) is 3.92. The first-order valence-electron chi connectivity index (χ1n) is 5.58. The third-order valence-corrected chi connectivity index (χ3v) is 2.46. The summed E-state index contributed by atoms with van der Waals surface area (Å²) in [7, 11) is 0. The molecular formula is C13H22N2. The molecule has 1 aromatic carbocycles. The molecule has 2 heteroatoms. The van der Waals surface area contributed by atoms with Crippen molar-refractivity contribution in [1.29, 1.82) is 0 Å². The molecule has 0 aliphatic carbocycles. The molecule has 0 spiro atoms. The van der Waals surface area contributed by atoms with Gasteiger partial charge in [0.25, 0.3) is 0 Å². The lowest BCUT2D eigenvalue weighted by atomic mass is 9.87. The van der Waals surface area contributed by atoms with Gasteiger partial charge in [-0.25, -0.2) is 0 Å². The van der Waals surface area contributed by atoms with Crippen molar-refractivity contribution < 1.29 is 0 Å². The van der Waals surface area contributed by atoms with Crippen molar-refractivity contribution in [3.05, 3.63) is 29.8 Å². The fraction of sp³-hybridized carbons (Fsp3) is 0.538. The van der Waals surface area contributed by atoms with Crippen molar-refractivity contribution in [1.82, 2.24) is 0 Å². The molecule has 1 aromatic rings. The third-order valence-electron chi connectivity index (χ3n) is 2.46. The van der Waals surface area contributed by atoms with Gasteiger partial charge in [0.1, 0.15) is 0 Å². The first kappa shape index (κ1) is 12.1. The summed E-state index contributed by atoms with van der Waals surface area (Å²) in [5.41, 5.74) is 8.21. The number of hydrogen-bond acceptors (Lipinski definition) is 2. The first-order chi connectivity index (χ1) is 7.04. The number of nitrogens with one attached hydrogen (secondary N) is 1. The summed E-state index contributed by atoms with van der Waals surface area (Å²) in [6.45, 7) is 8.37. The van der Waals surface area contributed by atoms with E-state index < -0.39 is 0 Å². The van der Waals surface area contributed by atoms with Gasteiger partial charge in [-0.3, -0.25) is 0 Å². The zero-order valence-electron chi connectivity index (χ0n) is 10.0. The normalized spacial score (nSPS) is 11.5. The van der Waals surface area contributed by atoms with Crippen molar-refractivity contribution in [2.24, 2.45) is 5.73 Å². The van der Waals surface area contributed by atoms with Gasteiger partial charge in [-0.1, -0.05) is 32.9 Å². The SMILES string of the molecule is CC(C)(C)c1ccc(NCCCN)cc1. The number of hydrogen-bond donors (Lipinski definition) is 2. The molecule has 0 unspecified atom stereocenters. The minimum absolute atomic E-state index is 0.232. The topological polar surface area (TPSA) is 38.0 Å². The molecule has 0 radical (unpaired) electrons. The Labute approximate surface area is 92.9 Å². The van der Waals surface area contributed by atoms with Gasteiger partial charge in [0.15, 0.2) is 0 Å². The summed E-state index contributed by atoms with van der Waals surface area (Å²) in [6.07, 6.45) is 1.01. The summed E-state index contributed by atoms with van der Waals surface area (Å²) in [4.78, 5) is 0. The molecule has 15 heavy (non-hydrogen) atoms. The average Bonchev–Trinajstić information content (AvgIpc) is 2.18. The molecule has 3 N–H and O–H groups in total. The van der Waals surface area contributed by atoms with Crippen LogP contribution in [0.25, 0.3) is 0 Å². The second-order valence-corrected chi connectivity index (χ2v) is 4.90. The van der Waals surface area contributed by atoms with Crippen molar-refractivity contribution in [3.63, 3.8) is 0 Å². The van der Waals surface area contributed by atoms with Crippen LogP contribution in [0.3, 0.4) is 0 Å². The molecule has 0 aliphatic heterocycles. The average molecular weight is 206 g/mol. The van der Waals surface area contributed by atoms with Gasteiger partial charge >= 0.3 is 0 Å². The quantitative estimate of drug-likeness (QED) is 0.743. The molecule has 0 saturated carbocycles. The van der Waals surface area contributed by atoms with E-state index in [2.05, 4.69) is 50.4 Å². The van der Waals surface area contributed by atoms with Crippen LogP contribution in [0, 0.1) is 0 Å². The lowest BCUT2D eigenvalue weighted by Crippen LogP contribution is -2.11. The molecule has 0 heterocycles. The molecule has 0 fully saturated rings. The van der Waals surface area contributed by atoms with E-state index >= 15 is 0 Å². The summed E-state index contributed by atoms with van der Waals surface area (Å²) < 4.78 is 0. The molecule has 0 amide bonds. The van der Waals surface area contributed by atoms with E-state index in [1.165, 1.54) is 11.3 Å². The summed E-state index contributed by atoms with van der Waals surface area (Å²) in [5, 5.41) is 3.34. The molecule has 0 saturated heterocycles. The predicted molar refractivity (Wildman–Crippen MR) is 67.3 cm³/mol. The zero-order valence-corrected chi connectivity index (χ0v) is 10.0. The minimum atomic E-state index is 0.232. The highest BCUT2D eigenvalue weighted by Gasteiger charge is 2.12. The highest BCUT2D eigenvalue weighted by Crippen LogP contribution is 2.23. The van der Waals surface area contributed by atoms with Gasteiger partial charge in [0.2, 0.25) is 0 Å². The zero-order chi connectivity index (χ0) is 11.3. The maximum absolute atomic E-state index is 5.43. The Balaban J connectivity index is 2.57. The van der Waals surface area contributed by atoms with Gasteiger partial charge < -0.3 is 11.1 Å². The summed E-state index contributed by atoms with van der Waals surface area (Å²) in [5.74, 6) is 0. The lowest BCUT2D eigenvalue weighted by molar-refractivity contribution is 0.590. The summed E-state index contributed by atoms with van der Waals surface area (Å²) >= 11 is 0.